The molecule has 0 spiro atoms. The third kappa shape index (κ3) is 3.53. The first-order valence-electron chi connectivity index (χ1n) is 7.20. The monoisotopic (exact) mass is 391 g/mol. The minimum absolute atomic E-state index is 0.123. The van der Waals surface area contributed by atoms with Crippen LogP contribution in [0.1, 0.15) is 6.42 Å². The Kier molecular flexibility index (Phi) is 4.75. The molecular formula is C16H14BrN3O4. The third-order valence-electron chi connectivity index (χ3n) is 3.59. The van der Waals surface area contributed by atoms with E-state index < -0.39 is 5.92 Å². The van der Waals surface area contributed by atoms with E-state index in [0.717, 1.165) is 4.47 Å². The quantitative estimate of drug-likeness (QED) is 0.744. The van der Waals surface area contributed by atoms with Gasteiger partial charge in [-0.05, 0) is 28.1 Å². The van der Waals surface area contributed by atoms with Gasteiger partial charge in [-0.1, -0.05) is 6.07 Å². The Morgan fingerprint density at radius 3 is 2.79 bits per heavy atom. The van der Waals surface area contributed by atoms with Crippen LogP contribution in [-0.4, -0.2) is 35.5 Å². The molecule has 0 aliphatic carbocycles. The van der Waals surface area contributed by atoms with Crippen molar-refractivity contribution in [2.24, 2.45) is 5.92 Å². The molecule has 1 aromatic carbocycles. The molecule has 24 heavy (non-hydrogen) atoms. The first-order valence-corrected chi connectivity index (χ1v) is 8.00. The van der Waals surface area contributed by atoms with Gasteiger partial charge in [-0.3, -0.25) is 9.59 Å². The largest absolute Gasteiger partial charge is 0.469 e. The maximum Gasteiger partial charge on any atom is 0.321 e. The molecule has 0 radical (unpaired) electrons. The van der Waals surface area contributed by atoms with E-state index >= 15 is 0 Å². The molecule has 1 unspecified atom stereocenters. The highest BCUT2D eigenvalue weighted by Gasteiger charge is 2.35. The summed E-state index contributed by atoms with van der Waals surface area (Å²) in [6, 6.07) is 7.21. The van der Waals surface area contributed by atoms with E-state index in [4.69, 9.17) is 9.47 Å². The number of anilines is 1. The second-order valence-electron chi connectivity index (χ2n) is 5.21. The van der Waals surface area contributed by atoms with Crippen molar-refractivity contribution < 1.29 is 19.1 Å². The Hall–Kier alpha value is -2.48. The standard InChI is InChI=1S/C16H14BrN3O4/c1-23-15(22)10-5-14(21)20(9-10)12-3-2-4-13(6-12)24-16-18-7-11(17)8-19-16/h2-4,6-8,10H,5,9H2,1H3. The fraction of sp³-hybridized carbons (Fsp3) is 0.250. The first-order chi connectivity index (χ1) is 11.6. The van der Waals surface area contributed by atoms with Gasteiger partial charge in [0.1, 0.15) is 5.75 Å². The van der Waals surface area contributed by atoms with Crippen LogP contribution in [0.3, 0.4) is 0 Å². The van der Waals surface area contributed by atoms with Gasteiger partial charge in [0, 0.05) is 37.1 Å². The minimum atomic E-state index is -0.443. The summed E-state index contributed by atoms with van der Waals surface area (Å²) in [4.78, 5) is 33.4. The minimum Gasteiger partial charge on any atom is -0.469 e. The van der Waals surface area contributed by atoms with Gasteiger partial charge in [0.25, 0.3) is 0 Å². The summed E-state index contributed by atoms with van der Waals surface area (Å²) in [6.07, 6.45) is 3.31. The molecule has 1 fully saturated rings. The van der Waals surface area contributed by atoms with Crippen molar-refractivity contribution in [2.75, 3.05) is 18.6 Å². The van der Waals surface area contributed by atoms with Crippen LogP contribution in [0.25, 0.3) is 0 Å². The van der Waals surface area contributed by atoms with Gasteiger partial charge in [0.2, 0.25) is 5.91 Å². The van der Waals surface area contributed by atoms with E-state index in [-0.39, 0.29) is 24.3 Å². The molecule has 1 aromatic heterocycles. The Balaban J connectivity index is 1.77. The van der Waals surface area contributed by atoms with Crippen LogP contribution in [0.15, 0.2) is 41.1 Å². The van der Waals surface area contributed by atoms with Crippen LogP contribution in [-0.2, 0) is 14.3 Å². The number of nitrogens with zero attached hydrogens (tertiary/aromatic N) is 3. The Morgan fingerprint density at radius 2 is 2.08 bits per heavy atom. The van der Waals surface area contributed by atoms with Crippen LogP contribution in [0.4, 0.5) is 5.69 Å². The molecule has 1 aliphatic heterocycles. The number of rotatable bonds is 4. The number of halogens is 1. The molecule has 3 rings (SSSR count). The van der Waals surface area contributed by atoms with Gasteiger partial charge in [-0.25, -0.2) is 9.97 Å². The molecule has 7 nitrogen and oxygen atoms in total. The van der Waals surface area contributed by atoms with Crippen molar-refractivity contribution >= 4 is 33.5 Å². The molecule has 2 heterocycles. The lowest BCUT2D eigenvalue weighted by atomic mass is 10.1. The van der Waals surface area contributed by atoms with Crippen molar-refractivity contribution in [1.82, 2.24) is 9.97 Å². The molecule has 1 amide bonds. The maximum absolute atomic E-state index is 12.2. The number of ether oxygens (including phenoxy) is 2. The average Bonchev–Trinajstić information content (AvgIpc) is 2.98. The fourth-order valence-electron chi connectivity index (χ4n) is 2.46. The van der Waals surface area contributed by atoms with Gasteiger partial charge in [-0.2, -0.15) is 0 Å². The number of hydrogen-bond acceptors (Lipinski definition) is 6. The lowest BCUT2D eigenvalue weighted by Crippen LogP contribution is -2.26. The molecule has 1 saturated heterocycles. The van der Waals surface area contributed by atoms with Crippen molar-refractivity contribution in [3.8, 4) is 11.8 Å². The molecule has 0 saturated carbocycles. The van der Waals surface area contributed by atoms with Crippen LogP contribution in [0.5, 0.6) is 11.8 Å². The topological polar surface area (TPSA) is 81.6 Å². The van der Waals surface area contributed by atoms with Crippen molar-refractivity contribution in [1.29, 1.82) is 0 Å². The number of esters is 1. The van der Waals surface area contributed by atoms with Crippen LogP contribution < -0.4 is 9.64 Å². The summed E-state index contributed by atoms with van der Waals surface area (Å²) < 4.78 is 11.1. The van der Waals surface area contributed by atoms with E-state index in [2.05, 4.69) is 25.9 Å². The van der Waals surface area contributed by atoms with Crippen molar-refractivity contribution in [3.05, 3.63) is 41.1 Å². The van der Waals surface area contributed by atoms with Crippen molar-refractivity contribution in [2.45, 2.75) is 6.42 Å². The fourth-order valence-corrected chi connectivity index (χ4v) is 2.66. The van der Waals surface area contributed by atoms with E-state index in [1.165, 1.54) is 7.11 Å². The summed E-state index contributed by atoms with van der Waals surface area (Å²) in [6.45, 7) is 0.295. The number of methoxy groups -OCH3 is 1. The highest BCUT2D eigenvalue weighted by Crippen LogP contribution is 2.29. The normalized spacial score (nSPS) is 17.0. The molecule has 0 bridgehead atoms. The molecule has 2 aromatic rings. The Labute approximate surface area is 146 Å². The number of amides is 1. The number of benzene rings is 1. The predicted octanol–water partition coefficient (Wildman–Crippen LogP) is 2.56. The first kappa shape index (κ1) is 16.4. The summed E-state index contributed by atoms with van der Waals surface area (Å²) in [5.41, 5.74) is 0.654. The summed E-state index contributed by atoms with van der Waals surface area (Å²) >= 11 is 3.25. The second kappa shape index (κ2) is 6.96. The number of hydrogen-bond donors (Lipinski definition) is 0. The number of aromatic nitrogens is 2. The molecule has 8 heteroatoms. The summed E-state index contributed by atoms with van der Waals surface area (Å²) in [5, 5.41) is 0. The Morgan fingerprint density at radius 1 is 1.33 bits per heavy atom. The van der Waals surface area contributed by atoms with Gasteiger partial charge in [0.15, 0.2) is 0 Å². The SMILES string of the molecule is COC(=O)C1CC(=O)N(c2cccc(Oc3ncc(Br)cn3)c2)C1. The van der Waals surface area contributed by atoms with Gasteiger partial charge >= 0.3 is 12.0 Å². The number of carbonyl (C=O) groups excluding carboxylic acids is 2. The van der Waals surface area contributed by atoms with E-state index in [1.807, 2.05) is 0 Å². The lowest BCUT2D eigenvalue weighted by Gasteiger charge is -2.17. The Bertz CT molecular complexity index is 766. The van der Waals surface area contributed by atoms with E-state index in [1.54, 1.807) is 41.6 Å². The molecule has 0 N–H and O–H groups in total. The highest BCUT2D eigenvalue weighted by atomic mass is 79.9. The van der Waals surface area contributed by atoms with Gasteiger partial charge < -0.3 is 14.4 Å². The zero-order chi connectivity index (χ0) is 17.1. The smallest absolute Gasteiger partial charge is 0.321 e. The number of carbonyl (C=O) groups is 2. The summed E-state index contributed by atoms with van der Waals surface area (Å²) in [5.74, 6) is -0.435. The van der Waals surface area contributed by atoms with Crippen molar-refractivity contribution in [3.63, 3.8) is 0 Å². The zero-order valence-electron chi connectivity index (χ0n) is 12.8. The van der Waals surface area contributed by atoms with Crippen LogP contribution >= 0.6 is 15.9 Å². The average molecular weight is 392 g/mol. The third-order valence-corrected chi connectivity index (χ3v) is 4.00. The zero-order valence-corrected chi connectivity index (χ0v) is 14.4. The maximum atomic E-state index is 12.2. The van der Waals surface area contributed by atoms with E-state index in [9.17, 15) is 9.59 Å². The van der Waals surface area contributed by atoms with E-state index in [0.29, 0.717) is 18.0 Å². The molecular weight excluding hydrogens is 378 g/mol. The molecule has 1 atom stereocenters. The van der Waals surface area contributed by atoms with Crippen LogP contribution in [0, 0.1) is 5.92 Å². The van der Waals surface area contributed by atoms with Gasteiger partial charge in [-0.15, -0.1) is 0 Å². The van der Waals surface area contributed by atoms with Gasteiger partial charge in [0.05, 0.1) is 17.5 Å². The molecule has 1 aliphatic rings. The second-order valence-corrected chi connectivity index (χ2v) is 6.13. The highest BCUT2D eigenvalue weighted by molar-refractivity contribution is 9.10. The lowest BCUT2D eigenvalue weighted by molar-refractivity contribution is -0.145. The summed E-state index contributed by atoms with van der Waals surface area (Å²) in [7, 11) is 1.32. The van der Waals surface area contributed by atoms with Crippen LogP contribution in [0.2, 0.25) is 0 Å². The predicted molar refractivity (Wildman–Crippen MR) is 88.7 cm³/mol. The molecule has 124 valence electrons.